The summed E-state index contributed by atoms with van der Waals surface area (Å²) in [4.78, 5) is 21.5. The highest BCUT2D eigenvalue weighted by Gasteiger charge is 2.17. The van der Waals surface area contributed by atoms with Crippen molar-refractivity contribution in [3.8, 4) is 0 Å². The van der Waals surface area contributed by atoms with Gasteiger partial charge in [0, 0.05) is 12.0 Å². The smallest absolute Gasteiger partial charge is 0.407 e. The standard InChI is InChI=1S/C11H20FNO3/c1-4-5-6-16-11(15)13-9(3)7-8(2)10(12)14/h8-9H,4-7H2,1-3H3,(H,13,15). The van der Waals surface area contributed by atoms with Crippen molar-refractivity contribution in [1.29, 1.82) is 0 Å². The van der Waals surface area contributed by atoms with E-state index in [0.29, 0.717) is 6.61 Å². The van der Waals surface area contributed by atoms with Gasteiger partial charge in [-0.1, -0.05) is 20.3 Å². The van der Waals surface area contributed by atoms with Crippen molar-refractivity contribution in [2.75, 3.05) is 6.61 Å². The maximum absolute atomic E-state index is 12.3. The summed E-state index contributed by atoms with van der Waals surface area (Å²) in [5.41, 5.74) is 0. The zero-order valence-corrected chi connectivity index (χ0v) is 10.1. The van der Waals surface area contributed by atoms with Crippen LogP contribution in [0.2, 0.25) is 0 Å². The first kappa shape index (κ1) is 14.9. The molecule has 2 unspecified atom stereocenters. The van der Waals surface area contributed by atoms with Gasteiger partial charge >= 0.3 is 12.1 Å². The molecule has 0 aliphatic rings. The average molecular weight is 233 g/mol. The molecule has 94 valence electrons. The van der Waals surface area contributed by atoms with Crippen molar-refractivity contribution in [3.63, 3.8) is 0 Å². The molecule has 0 saturated heterocycles. The topological polar surface area (TPSA) is 55.4 Å². The molecule has 0 bridgehead atoms. The Kier molecular flexibility index (Phi) is 7.50. The minimum absolute atomic E-state index is 0.274. The summed E-state index contributed by atoms with van der Waals surface area (Å²) in [6, 6.07) is -1.63. The van der Waals surface area contributed by atoms with Crippen molar-refractivity contribution in [1.82, 2.24) is 5.32 Å². The van der Waals surface area contributed by atoms with E-state index >= 15 is 0 Å². The summed E-state index contributed by atoms with van der Waals surface area (Å²) < 4.78 is 17.1. The van der Waals surface area contributed by atoms with Crippen LogP contribution >= 0.6 is 0 Å². The van der Waals surface area contributed by atoms with Crippen molar-refractivity contribution in [3.05, 3.63) is 0 Å². The number of ether oxygens (including phenoxy) is 1. The zero-order valence-electron chi connectivity index (χ0n) is 10.1. The Labute approximate surface area is 95.5 Å². The molecule has 1 amide bonds. The van der Waals surface area contributed by atoms with Gasteiger partial charge in [-0.3, -0.25) is 4.79 Å². The number of unbranched alkanes of at least 4 members (excludes halogenated alkanes) is 1. The Morgan fingerprint density at radius 3 is 2.50 bits per heavy atom. The van der Waals surface area contributed by atoms with E-state index in [2.05, 4.69) is 5.32 Å². The van der Waals surface area contributed by atoms with Crippen LogP contribution in [0.25, 0.3) is 0 Å². The summed E-state index contributed by atoms with van der Waals surface area (Å²) in [5, 5.41) is 2.54. The van der Waals surface area contributed by atoms with Crippen LogP contribution in [0, 0.1) is 5.92 Å². The van der Waals surface area contributed by atoms with E-state index in [0.717, 1.165) is 12.8 Å². The number of carbonyl (C=O) groups excluding carboxylic acids is 2. The predicted octanol–water partition coefficient (Wildman–Crippen LogP) is 2.42. The Bertz CT molecular complexity index is 233. The van der Waals surface area contributed by atoms with Crippen LogP contribution in [0.15, 0.2) is 0 Å². The van der Waals surface area contributed by atoms with Crippen molar-refractivity contribution >= 4 is 12.1 Å². The molecule has 0 heterocycles. The fourth-order valence-electron chi connectivity index (χ4n) is 1.23. The number of rotatable bonds is 7. The highest BCUT2D eigenvalue weighted by Crippen LogP contribution is 2.07. The molecule has 0 spiro atoms. The number of hydrogen-bond donors (Lipinski definition) is 1. The molecule has 0 aromatic heterocycles. The third-order valence-electron chi connectivity index (χ3n) is 2.19. The molecule has 0 aromatic rings. The summed E-state index contributed by atoms with van der Waals surface area (Å²) in [7, 11) is 0. The maximum atomic E-state index is 12.3. The van der Waals surface area contributed by atoms with Gasteiger partial charge in [-0.15, -0.1) is 0 Å². The summed E-state index contributed by atoms with van der Waals surface area (Å²) in [6.45, 7) is 5.58. The molecule has 0 aromatic carbocycles. The Balaban J connectivity index is 3.73. The molecule has 0 aliphatic carbocycles. The van der Waals surface area contributed by atoms with Crippen molar-refractivity contribution < 1.29 is 18.7 Å². The number of alkyl carbamates (subject to hydrolysis) is 1. The third-order valence-corrected chi connectivity index (χ3v) is 2.19. The molecular weight excluding hydrogens is 213 g/mol. The predicted molar refractivity (Wildman–Crippen MR) is 58.7 cm³/mol. The van der Waals surface area contributed by atoms with Crippen LogP contribution in [-0.2, 0) is 9.53 Å². The highest BCUT2D eigenvalue weighted by atomic mass is 19.1. The van der Waals surface area contributed by atoms with E-state index in [1.54, 1.807) is 6.92 Å². The van der Waals surface area contributed by atoms with E-state index in [-0.39, 0.29) is 12.5 Å². The lowest BCUT2D eigenvalue weighted by Crippen LogP contribution is -2.35. The van der Waals surface area contributed by atoms with Gasteiger partial charge in [-0.05, 0) is 19.8 Å². The first-order valence-electron chi connectivity index (χ1n) is 5.60. The maximum Gasteiger partial charge on any atom is 0.407 e. The highest BCUT2D eigenvalue weighted by molar-refractivity contribution is 5.71. The van der Waals surface area contributed by atoms with Gasteiger partial charge in [0.2, 0.25) is 0 Å². The van der Waals surface area contributed by atoms with E-state index < -0.39 is 18.0 Å². The van der Waals surface area contributed by atoms with E-state index in [1.165, 1.54) is 6.92 Å². The van der Waals surface area contributed by atoms with Crippen molar-refractivity contribution in [2.24, 2.45) is 5.92 Å². The molecule has 0 saturated carbocycles. The average Bonchev–Trinajstić information content (AvgIpc) is 2.17. The molecule has 2 atom stereocenters. The van der Waals surface area contributed by atoms with Crippen LogP contribution in [0.1, 0.15) is 40.0 Å². The Morgan fingerprint density at radius 1 is 1.38 bits per heavy atom. The molecule has 0 aliphatic heterocycles. The monoisotopic (exact) mass is 233 g/mol. The molecule has 1 N–H and O–H groups in total. The zero-order chi connectivity index (χ0) is 12.6. The number of carbonyl (C=O) groups is 2. The largest absolute Gasteiger partial charge is 0.450 e. The lowest BCUT2D eigenvalue weighted by molar-refractivity contribution is -0.133. The molecule has 0 radical (unpaired) electrons. The normalized spacial score (nSPS) is 14.0. The number of hydrogen-bond acceptors (Lipinski definition) is 3. The first-order valence-corrected chi connectivity index (χ1v) is 5.60. The summed E-state index contributed by atoms with van der Waals surface area (Å²) in [6.07, 6.45) is 1.54. The molecule has 16 heavy (non-hydrogen) atoms. The minimum Gasteiger partial charge on any atom is -0.450 e. The number of halogens is 1. The fourth-order valence-corrected chi connectivity index (χ4v) is 1.23. The van der Waals surface area contributed by atoms with Crippen LogP contribution in [0.5, 0.6) is 0 Å². The number of nitrogens with one attached hydrogen (secondary N) is 1. The SMILES string of the molecule is CCCCOC(=O)NC(C)CC(C)C(=O)F. The van der Waals surface area contributed by atoms with Gasteiger partial charge in [0.1, 0.15) is 0 Å². The lowest BCUT2D eigenvalue weighted by atomic mass is 10.0. The first-order chi connectivity index (χ1) is 7.47. The molecule has 4 nitrogen and oxygen atoms in total. The Morgan fingerprint density at radius 2 is 2.00 bits per heavy atom. The van der Waals surface area contributed by atoms with Crippen LogP contribution in [-0.4, -0.2) is 24.8 Å². The van der Waals surface area contributed by atoms with Crippen LogP contribution in [0.4, 0.5) is 9.18 Å². The van der Waals surface area contributed by atoms with E-state index in [9.17, 15) is 14.0 Å². The van der Waals surface area contributed by atoms with Gasteiger partial charge in [0.15, 0.2) is 0 Å². The van der Waals surface area contributed by atoms with E-state index in [4.69, 9.17) is 4.74 Å². The van der Waals surface area contributed by atoms with Crippen LogP contribution < -0.4 is 5.32 Å². The van der Waals surface area contributed by atoms with Gasteiger partial charge in [-0.25, -0.2) is 4.79 Å². The molecule has 0 fully saturated rings. The van der Waals surface area contributed by atoms with Crippen LogP contribution in [0.3, 0.4) is 0 Å². The summed E-state index contributed by atoms with van der Waals surface area (Å²) in [5.74, 6) is -0.689. The fraction of sp³-hybridized carbons (Fsp3) is 0.818. The lowest BCUT2D eigenvalue weighted by Gasteiger charge is -2.15. The number of amides is 1. The van der Waals surface area contributed by atoms with Gasteiger partial charge in [0.25, 0.3) is 0 Å². The van der Waals surface area contributed by atoms with Crippen molar-refractivity contribution in [2.45, 2.75) is 46.1 Å². The minimum atomic E-state index is -1.35. The molecule has 0 rings (SSSR count). The molecule has 5 heteroatoms. The molecular formula is C11H20FNO3. The third kappa shape index (κ3) is 7.20. The van der Waals surface area contributed by atoms with Gasteiger partial charge in [0.05, 0.1) is 6.61 Å². The second kappa shape index (κ2) is 8.07. The van der Waals surface area contributed by atoms with Gasteiger partial charge in [-0.2, -0.15) is 4.39 Å². The Hall–Kier alpha value is -1.13. The van der Waals surface area contributed by atoms with E-state index in [1.807, 2.05) is 6.92 Å². The quantitative estimate of drug-likeness (QED) is 0.542. The second-order valence-corrected chi connectivity index (χ2v) is 3.98. The second-order valence-electron chi connectivity index (χ2n) is 3.98. The summed E-state index contributed by atoms with van der Waals surface area (Å²) >= 11 is 0. The van der Waals surface area contributed by atoms with Gasteiger partial charge < -0.3 is 10.1 Å².